The van der Waals surface area contributed by atoms with Crippen molar-refractivity contribution in [3.8, 4) is 5.75 Å². The Labute approximate surface area is 127 Å². The molecule has 1 N–H and O–H groups in total. The van der Waals surface area contributed by atoms with Gasteiger partial charge >= 0.3 is 0 Å². The smallest absolute Gasteiger partial charge is 0.283 e. The molecule has 2 amide bonds. The predicted octanol–water partition coefficient (Wildman–Crippen LogP) is 1.86. The van der Waals surface area contributed by atoms with E-state index < -0.39 is 11.8 Å². The highest BCUT2D eigenvalue weighted by atomic mass is 32.1. The van der Waals surface area contributed by atoms with Crippen molar-refractivity contribution in [2.24, 2.45) is 0 Å². The van der Waals surface area contributed by atoms with Crippen LogP contribution >= 0.6 is 12.2 Å². The van der Waals surface area contributed by atoms with E-state index in [-0.39, 0.29) is 10.8 Å². The van der Waals surface area contributed by atoms with E-state index in [9.17, 15) is 9.59 Å². The minimum absolute atomic E-state index is 0.102. The van der Waals surface area contributed by atoms with Gasteiger partial charge in [-0.25, -0.2) is 4.90 Å². The summed E-state index contributed by atoms with van der Waals surface area (Å²) in [5.74, 6) is -0.141. The Morgan fingerprint density at radius 3 is 2.62 bits per heavy atom. The van der Waals surface area contributed by atoms with E-state index in [1.807, 2.05) is 0 Å². The third-order valence-electron chi connectivity index (χ3n) is 2.75. The summed E-state index contributed by atoms with van der Waals surface area (Å²) in [6.07, 6.45) is 3.29. The Hall–Kier alpha value is -2.47. The Morgan fingerprint density at radius 1 is 1.43 bits per heavy atom. The molecule has 1 aromatic carbocycles. The maximum Gasteiger partial charge on any atom is 0.283 e. The highest BCUT2D eigenvalue weighted by molar-refractivity contribution is 7.80. The van der Waals surface area contributed by atoms with Crippen LogP contribution in [-0.4, -0.2) is 28.4 Å². The Balaban J connectivity index is 2.17. The van der Waals surface area contributed by atoms with Crippen molar-refractivity contribution in [3.63, 3.8) is 0 Å². The summed E-state index contributed by atoms with van der Waals surface area (Å²) in [5.41, 5.74) is 1.07. The van der Waals surface area contributed by atoms with Crippen LogP contribution in [0.15, 0.2) is 42.6 Å². The molecule has 2 rings (SSSR count). The molecule has 6 heteroatoms. The summed E-state index contributed by atoms with van der Waals surface area (Å²) >= 11 is 4.96. The van der Waals surface area contributed by atoms with Crippen LogP contribution in [0.25, 0.3) is 6.08 Å². The molecule has 0 aromatic heterocycles. The average Bonchev–Trinajstić information content (AvgIpc) is 2.72. The number of nitrogens with one attached hydrogen (secondary N) is 1. The number of benzene rings is 1. The molecule has 21 heavy (non-hydrogen) atoms. The van der Waals surface area contributed by atoms with Crippen molar-refractivity contribution < 1.29 is 14.3 Å². The van der Waals surface area contributed by atoms with Gasteiger partial charge in [0, 0.05) is 6.92 Å². The quantitative estimate of drug-likeness (QED) is 0.522. The monoisotopic (exact) mass is 302 g/mol. The third-order valence-corrected chi connectivity index (χ3v) is 3.04. The van der Waals surface area contributed by atoms with Gasteiger partial charge in [0.25, 0.3) is 5.91 Å². The van der Waals surface area contributed by atoms with Gasteiger partial charge in [-0.3, -0.25) is 9.59 Å². The molecule has 1 heterocycles. The van der Waals surface area contributed by atoms with Gasteiger partial charge in [-0.1, -0.05) is 24.8 Å². The summed E-state index contributed by atoms with van der Waals surface area (Å²) in [4.78, 5) is 24.3. The maximum atomic E-state index is 12.0. The van der Waals surface area contributed by atoms with Crippen molar-refractivity contribution >= 4 is 35.2 Å². The Kier molecular flexibility index (Phi) is 4.49. The SMILES string of the molecule is C=CCOc1ccc(C=C2NC(=S)N(C(C)=O)C2=O)cc1. The largest absolute Gasteiger partial charge is 0.490 e. The van der Waals surface area contributed by atoms with Crippen LogP contribution in [0.3, 0.4) is 0 Å². The summed E-state index contributed by atoms with van der Waals surface area (Å²) in [5, 5.41) is 2.84. The molecule has 1 aliphatic rings. The number of imide groups is 1. The first-order valence-electron chi connectivity index (χ1n) is 6.24. The fourth-order valence-corrected chi connectivity index (χ4v) is 2.12. The normalized spacial score (nSPS) is 16.0. The number of rotatable bonds is 4. The van der Waals surface area contributed by atoms with Crippen molar-refractivity contribution in [2.75, 3.05) is 6.61 Å². The third kappa shape index (κ3) is 3.35. The number of carbonyl (C=O) groups is 2. The molecule has 0 saturated carbocycles. The molecule has 1 fully saturated rings. The second kappa shape index (κ2) is 6.32. The molecule has 0 atom stereocenters. The van der Waals surface area contributed by atoms with Crippen LogP contribution in [0.5, 0.6) is 5.75 Å². The van der Waals surface area contributed by atoms with Gasteiger partial charge in [0.2, 0.25) is 5.91 Å². The number of ether oxygens (including phenoxy) is 1. The molecular formula is C15H14N2O3S. The molecule has 1 aromatic rings. The Bertz CT molecular complexity index is 635. The molecule has 5 nitrogen and oxygen atoms in total. The van der Waals surface area contributed by atoms with Crippen LogP contribution in [0.2, 0.25) is 0 Å². The molecule has 0 radical (unpaired) electrons. The van der Waals surface area contributed by atoms with E-state index in [0.29, 0.717) is 12.4 Å². The summed E-state index contributed by atoms with van der Waals surface area (Å²) in [6.45, 7) is 5.30. The molecule has 0 aliphatic carbocycles. The lowest BCUT2D eigenvalue weighted by molar-refractivity contribution is -0.135. The fraction of sp³-hybridized carbons (Fsp3) is 0.133. The molecule has 0 bridgehead atoms. The summed E-state index contributed by atoms with van der Waals surface area (Å²) in [7, 11) is 0. The van der Waals surface area contributed by atoms with Gasteiger partial charge in [0.1, 0.15) is 18.1 Å². The van der Waals surface area contributed by atoms with E-state index in [1.165, 1.54) is 6.92 Å². The molecule has 108 valence electrons. The first-order chi connectivity index (χ1) is 10.0. The van der Waals surface area contributed by atoms with E-state index in [2.05, 4.69) is 11.9 Å². The number of carbonyl (C=O) groups excluding carboxylic acids is 2. The highest BCUT2D eigenvalue weighted by Crippen LogP contribution is 2.17. The van der Waals surface area contributed by atoms with Gasteiger partial charge < -0.3 is 10.1 Å². The number of nitrogens with zero attached hydrogens (tertiary/aromatic N) is 1. The lowest BCUT2D eigenvalue weighted by atomic mass is 10.2. The first-order valence-corrected chi connectivity index (χ1v) is 6.65. The first kappa shape index (κ1) is 14.9. The second-order valence-corrected chi connectivity index (χ2v) is 4.70. The van der Waals surface area contributed by atoms with Crippen LogP contribution in [-0.2, 0) is 9.59 Å². The second-order valence-electron chi connectivity index (χ2n) is 4.32. The van der Waals surface area contributed by atoms with Crippen LogP contribution in [0.4, 0.5) is 0 Å². The van der Waals surface area contributed by atoms with Crippen LogP contribution in [0, 0.1) is 0 Å². The van der Waals surface area contributed by atoms with Gasteiger partial charge in [-0.05, 0) is 36.0 Å². The predicted molar refractivity (Wildman–Crippen MR) is 83.4 cm³/mol. The van der Waals surface area contributed by atoms with Gasteiger partial charge in [0.15, 0.2) is 5.11 Å². The number of thiocarbonyl (C=S) groups is 1. The van der Waals surface area contributed by atoms with Crippen molar-refractivity contribution in [3.05, 3.63) is 48.2 Å². The molecule has 0 spiro atoms. The van der Waals surface area contributed by atoms with Gasteiger partial charge in [-0.15, -0.1) is 0 Å². The molecule has 0 unspecified atom stereocenters. The number of amides is 2. The minimum Gasteiger partial charge on any atom is -0.490 e. The minimum atomic E-state index is -0.445. The maximum absolute atomic E-state index is 12.0. The standard InChI is InChI=1S/C15H14N2O3S/c1-3-8-20-12-6-4-11(5-7-12)9-13-14(19)17(10(2)18)15(21)16-13/h3-7,9H,1,8H2,2H3,(H,16,21). The molecular weight excluding hydrogens is 288 g/mol. The van der Waals surface area contributed by atoms with E-state index in [1.54, 1.807) is 36.4 Å². The molecule has 1 aliphatic heterocycles. The lowest BCUT2D eigenvalue weighted by Crippen LogP contribution is -2.34. The van der Waals surface area contributed by atoms with Crippen LogP contribution in [0.1, 0.15) is 12.5 Å². The lowest BCUT2D eigenvalue weighted by Gasteiger charge is -2.07. The number of hydrogen-bond donors (Lipinski definition) is 1. The average molecular weight is 302 g/mol. The highest BCUT2D eigenvalue weighted by Gasteiger charge is 2.33. The van der Waals surface area contributed by atoms with Crippen molar-refractivity contribution in [1.82, 2.24) is 10.2 Å². The van der Waals surface area contributed by atoms with E-state index in [0.717, 1.165) is 10.5 Å². The van der Waals surface area contributed by atoms with Gasteiger partial charge in [0.05, 0.1) is 0 Å². The van der Waals surface area contributed by atoms with Gasteiger partial charge in [-0.2, -0.15) is 0 Å². The number of hydrogen-bond acceptors (Lipinski definition) is 4. The van der Waals surface area contributed by atoms with Crippen LogP contribution < -0.4 is 10.1 Å². The molecule has 1 saturated heterocycles. The summed E-state index contributed by atoms with van der Waals surface area (Å²) < 4.78 is 5.37. The summed E-state index contributed by atoms with van der Waals surface area (Å²) in [6, 6.07) is 7.19. The zero-order chi connectivity index (χ0) is 15.4. The fourth-order valence-electron chi connectivity index (χ4n) is 1.80. The zero-order valence-corrected chi connectivity index (χ0v) is 12.3. The van der Waals surface area contributed by atoms with E-state index >= 15 is 0 Å². The Morgan fingerprint density at radius 2 is 2.10 bits per heavy atom. The van der Waals surface area contributed by atoms with E-state index in [4.69, 9.17) is 17.0 Å². The zero-order valence-electron chi connectivity index (χ0n) is 11.5. The van der Waals surface area contributed by atoms with Crippen molar-refractivity contribution in [1.29, 1.82) is 0 Å². The van der Waals surface area contributed by atoms with Crippen molar-refractivity contribution in [2.45, 2.75) is 6.92 Å². The topological polar surface area (TPSA) is 58.6 Å².